The van der Waals surface area contributed by atoms with Gasteiger partial charge in [0.2, 0.25) is 17.7 Å². The smallest absolute Gasteiger partial charge is 0.326 e. The molecule has 1 aromatic rings. The zero-order chi connectivity index (χ0) is 25.8. The molecule has 0 bridgehead atoms. The van der Waals surface area contributed by atoms with Crippen LogP contribution in [0.15, 0.2) is 12.5 Å². The summed E-state index contributed by atoms with van der Waals surface area (Å²) in [4.78, 5) is 67.5. The standard InChI is InChI=1S/C20H32N6O7S/c1-10(2)16(21)19(31)26-14(7-15(27)28)18(30)25-13(6-11-8-22-9-23-11)17(29)24-12(20(32)33)4-5-34-3/h8-10,12-14,16H,4-7,21H2,1-3H3,(H,22,23)(H,24,29)(H,25,30)(H,26,31)(H,27,28)(H,32,33). The molecule has 1 aromatic heterocycles. The van der Waals surface area contributed by atoms with Gasteiger partial charge in [0.1, 0.15) is 18.1 Å². The molecule has 0 aliphatic heterocycles. The van der Waals surface area contributed by atoms with Gasteiger partial charge in [-0.05, 0) is 24.3 Å². The molecule has 13 nitrogen and oxygen atoms in total. The lowest BCUT2D eigenvalue weighted by molar-refractivity contribution is -0.143. The molecule has 0 radical (unpaired) electrons. The molecular weight excluding hydrogens is 468 g/mol. The Morgan fingerprint density at radius 2 is 1.62 bits per heavy atom. The number of carbonyl (C=O) groups is 5. The maximum absolute atomic E-state index is 12.9. The highest BCUT2D eigenvalue weighted by Crippen LogP contribution is 2.06. The highest BCUT2D eigenvalue weighted by atomic mass is 32.2. The number of nitrogens with one attached hydrogen (secondary N) is 4. The van der Waals surface area contributed by atoms with Gasteiger partial charge < -0.3 is 36.9 Å². The van der Waals surface area contributed by atoms with E-state index in [9.17, 15) is 34.2 Å². The van der Waals surface area contributed by atoms with Crippen LogP contribution in [0.5, 0.6) is 0 Å². The Bertz CT molecular complexity index is 848. The predicted octanol–water partition coefficient (Wildman–Crippen LogP) is -1.30. The Morgan fingerprint density at radius 1 is 1.03 bits per heavy atom. The van der Waals surface area contributed by atoms with Crippen LogP contribution in [0, 0.1) is 5.92 Å². The van der Waals surface area contributed by atoms with Gasteiger partial charge in [0.25, 0.3) is 0 Å². The summed E-state index contributed by atoms with van der Waals surface area (Å²) in [6.45, 7) is 3.38. The van der Waals surface area contributed by atoms with E-state index >= 15 is 0 Å². The third-order valence-corrected chi connectivity index (χ3v) is 5.51. The number of hydrogen-bond donors (Lipinski definition) is 7. The maximum atomic E-state index is 12.9. The molecule has 0 saturated carbocycles. The van der Waals surface area contributed by atoms with E-state index in [0.29, 0.717) is 11.4 Å². The molecule has 4 unspecified atom stereocenters. The summed E-state index contributed by atoms with van der Waals surface area (Å²) < 4.78 is 0. The van der Waals surface area contributed by atoms with Crippen molar-refractivity contribution in [2.45, 2.75) is 57.3 Å². The van der Waals surface area contributed by atoms with Crippen molar-refractivity contribution < 1.29 is 34.2 Å². The average Bonchev–Trinajstić information content (AvgIpc) is 3.27. The predicted molar refractivity (Wildman–Crippen MR) is 124 cm³/mol. The van der Waals surface area contributed by atoms with Gasteiger partial charge in [-0.3, -0.25) is 19.2 Å². The van der Waals surface area contributed by atoms with Crippen molar-refractivity contribution >= 4 is 41.4 Å². The first-order valence-corrected chi connectivity index (χ1v) is 11.9. The Balaban J connectivity index is 3.06. The second-order valence-electron chi connectivity index (χ2n) is 7.95. The van der Waals surface area contributed by atoms with Gasteiger partial charge in [0.15, 0.2) is 0 Å². The van der Waals surface area contributed by atoms with E-state index in [1.807, 2.05) is 0 Å². The topological polar surface area (TPSA) is 217 Å². The van der Waals surface area contributed by atoms with Gasteiger partial charge in [-0.25, -0.2) is 9.78 Å². The third kappa shape index (κ3) is 9.79. The quantitative estimate of drug-likeness (QED) is 0.151. The molecule has 0 saturated heterocycles. The number of carboxylic acids is 2. The van der Waals surface area contributed by atoms with Crippen molar-refractivity contribution in [2.75, 3.05) is 12.0 Å². The van der Waals surface area contributed by atoms with Crippen LogP contribution >= 0.6 is 11.8 Å². The highest BCUT2D eigenvalue weighted by Gasteiger charge is 2.32. The molecule has 8 N–H and O–H groups in total. The van der Waals surface area contributed by atoms with E-state index in [1.54, 1.807) is 20.1 Å². The van der Waals surface area contributed by atoms with Gasteiger partial charge in [0.05, 0.1) is 18.8 Å². The van der Waals surface area contributed by atoms with Crippen molar-refractivity contribution in [3.05, 3.63) is 18.2 Å². The molecule has 3 amide bonds. The molecule has 0 fully saturated rings. The van der Waals surface area contributed by atoms with Crippen molar-refractivity contribution in [1.29, 1.82) is 0 Å². The van der Waals surface area contributed by atoms with E-state index in [-0.39, 0.29) is 18.8 Å². The summed E-state index contributed by atoms with van der Waals surface area (Å²) >= 11 is 1.41. The van der Waals surface area contributed by atoms with Crippen LogP contribution in [0.2, 0.25) is 0 Å². The molecule has 1 rings (SSSR count). The van der Waals surface area contributed by atoms with Crippen LogP contribution in [0.25, 0.3) is 0 Å². The van der Waals surface area contributed by atoms with Gasteiger partial charge in [-0.1, -0.05) is 13.8 Å². The third-order valence-electron chi connectivity index (χ3n) is 4.87. The van der Waals surface area contributed by atoms with Crippen LogP contribution < -0.4 is 21.7 Å². The molecule has 190 valence electrons. The van der Waals surface area contributed by atoms with Gasteiger partial charge in [-0.2, -0.15) is 11.8 Å². The molecule has 34 heavy (non-hydrogen) atoms. The second-order valence-corrected chi connectivity index (χ2v) is 8.94. The first kappa shape index (κ1) is 28.9. The normalized spacial score (nSPS) is 14.5. The second kappa shape index (κ2) is 14.2. The lowest BCUT2D eigenvalue weighted by atomic mass is 10.0. The van der Waals surface area contributed by atoms with Crippen molar-refractivity contribution in [3.8, 4) is 0 Å². The summed E-state index contributed by atoms with van der Waals surface area (Å²) in [6.07, 6.45) is 3.93. The number of aromatic nitrogens is 2. The number of aliphatic carboxylic acids is 2. The van der Waals surface area contributed by atoms with E-state index in [1.165, 1.54) is 24.3 Å². The monoisotopic (exact) mass is 500 g/mol. The number of carbonyl (C=O) groups excluding carboxylic acids is 3. The fourth-order valence-corrected chi connectivity index (χ4v) is 3.29. The number of nitrogens with zero attached hydrogens (tertiary/aromatic N) is 1. The van der Waals surface area contributed by atoms with E-state index in [0.717, 1.165) is 0 Å². The summed E-state index contributed by atoms with van der Waals surface area (Å²) in [5.74, 6) is -4.78. The molecule has 0 aliphatic carbocycles. The molecule has 4 atom stereocenters. The number of thioether (sulfide) groups is 1. The number of hydrogen-bond acceptors (Lipinski definition) is 8. The summed E-state index contributed by atoms with van der Waals surface area (Å²) in [6, 6.07) is -4.92. The summed E-state index contributed by atoms with van der Waals surface area (Å²) in [5.41, 5.74) is 6.25. The largest absolute Gasteiger partial charge is 0.481 e. The molecule has 0 aliphatic rings. The zero-order valence-corrected chi connectivity index (χ0v) is 20.1. The Hall–Kier alpha value is -3.13. The SMILES string of the molecule is CSCCC(NC(=O)C(Cc1cnc[nH]1)NC(=O)C(CC(=O)O)NC(=O)C(N)C(C)C)C(=O)O. The molecule has 1 heterocycles. The Kier molecular flexibility index (Phi) is 12.1. The lowest BCUT2D eigenvalue weighted by Gasteiger charge is -2.25. The number of carboxylic acid groups (broad SMARTS) is 2. The summed E-state index contributed by atoms with van der Waals surface area (Å²) in [5, 5.41) is 25.7. The molecule has 0 aromatic carbocycles. The molecule has 14 heteroatoms. The van der Waals surface area contributed by atoms with E-state index < -0.39 is 60.2 Å². The Morgan fingerprint density at radius 3 is 2.12 bits per heavy atom. The first-order chi connectivity index (χ1) is 16.0. The van der Waals surface area contributed by atoms with E-state index in [2.05, 4.69) is 25.9 Å². The zero-order valence-electron chi connectivity index (χ0n) is 19.2. The number of aromatic amines is 1. The van der Waals surface area contributed by atoms with Crippen LogP contribution in [0.4, 0.5) is 0 Å². The van der Waals surface area contributed by atoms with Gasteiger partial charge in [-0.15, -0.1) is 0 Å². The first-order valence-electron chi connectivity index (χ1n) is 10.5. The van der Waals surface area contributed by atoms with Crippen LogP contribution in [-0.2, 0) is 30.4 Å². The number of amides is 3. The van der Waals surface area contributed by atoms with Crippen LogP contribution in [-0.4, -0.2) is 86.0 Å². The van der Waals surface area contributed by atoms with Crippen LogP contribution in [0.1, 0.15) is 32.4 Å². The average molecular weight is 501 g/mol. The minimum absolute atomic E-state index is 0.0777. The highest BCUT2D eigenvalue weighted by molar-refractivity contribution is 7.98. The van der Waals surface area contributed by atoms with Crippen LogP contribution in [0.3, 0.4) is 0 Å². The van der Waals surface area contributed by atoms with Gasteiger partial charge >= 0.3 is 11.9 Å². The van der Waals surface area contributed by atoms with Gasteiger partial charge in [0, 0.05) is 18.3 Å². The number of rotatable bonds is 15. The van der Waals surface area contributed by atoms with Crippen molar-refractivity contribution in [2.24, 2.45) is 11.7 Å². The molecule has 0 spiro atoms. The van der Waals surface area contributed by atoms with Crippen molar-refractivity contribution in [3.63, 3.8) is 0 Å². The summed E-state index contributed by atoms with van der Waals surface area (Å²) in [7, 11) is 0. The minimum Gasteiger partial charge on any atom is -0.481 e. The lowest BCUT2D eigenvalue weighted by Crippen LogP contribution is -2.58. The maximum Gasteiger partial charge on any atom is 0.326 e. The Labute approximate surface area is 201 Å². The fraction of sp³-hybridized carbons (Fsp3) is 0.600. The van der Waals surface area contributed by atoms with Crippen molar-refractivity contribution in [1.82, 2.24) is 25.9 Å². The molecular formula is C20H32N6O7S. The number of imidazole rings is 1. The fourth-order valence-electron chi connectivity index (χ4n) is 2.82. The number of H-pyrrole nitrogens is 1. The van der Waals surface area contributed by atoms with E-state index in [4.69, 9.17) is 5.73 Å². The minimum atomic E-state index is -1.50. The number of nitrogens with two attached hydrogens (primary N) is 1.